The lowest BCUT2D eigenvalue weighted by molar-refractivity contribution is 0.0604. The highest BCUT2D eigenvalue weighted by Gasteiger charge is 2.21. The van der Waals surface area contributed by atoms with Crippen LogP contribution in [0.4, 0.5) is 0 Å². The van der Waals surface area contributed by atoms with E-state index in [2.05, 4.69) is 9.97 Å². The van der Waals surface area contributed by atoms with Crippen LogP contribution in [0.1, 0.15) is 32.2 Å². The Balaban J connectivity index is 1.55. The number of para-hydroxylation sites is 1. The van der Waals surface area contributed by atoms with Crippen molar-refractivity contribution < 1.29 is 19.4 Å². The molecule has 0 saturated carbocycles. The molecule has 0 radical (unpaired) electrons. The molecule has 0 amide bonds. The van der Waals surface area contributed by atoms with Crippen molar-refractivity contribution in [1.82, 2.24) is 14.9 Å². The van der Waals surface area contributed by atoms with Gasteiger partial charge in [0.05, 0.1) is 19.0 Å². The van der Waals surface area contributed by atoms with Gasteiger partial charge in [0, 0.05) is 13.1 Å². The second-order valence-electron chi connectivity index (χ2n) is 8.63. The van der Waals surface area contributed by atoms with Gasteiger partial charge >= 0.3 is 5.97 Å². The minimum atomic E-state index is -0.765. The number of benzene rings is 2. The zero-order valence-electron chi connectivity index (χ0n) is 20.5. The van der Waals surface area contributed by atoms with Gasteiger partial charge in [-0.15, -0.1) is 11.3 Å². The minimum absolute atomic E-state index is 0.131. The number of aryl methyl sites for hydroxylation is 2. The van der Waals surface area contributed by atoms with Gasteiger partial charge in [0.15, 0.2) is 0 Å². The molecule has 0 aliphatic rings. The fourth-order valence-electron chi connectivity index (χ4n) is 4.04. The van der Waals surface area contributed by atoms with E-state index in [0.29, 0.717) is 46.1 Å². The first-order valence-corrected chi connectivity index (χ1v) is 12.4. The topological polar surface area (TPSA) is 105 Å². The van der Waals surface area contributed by atoms with E-state index in [9.17, 15) is 14.7 Å². The number of rotatable bonds is 10. The Morgan fingerprint density at radius 2 is 1.83 bits per heavy atom. The second kappa shape index (κ2) is 11.5. The fourth-order valence-corrected chi connectivity index (χ4v) is 5.16. The third-order valence-electron chi connectivity index (χ3n) is 5.84. The van der Waals surface area contributed by atoms with Crippen LogP contribution in [-0.4, -0.2) is 52.3 Å². The van der Waals surface area contributed by atoms with Crippen LogP contribution in [0.2, 0.25) is 0 Å². The van der Waals surface area contributed by atoms with E-state index in [-0.39, 0.29) is 12.2 Å². The number of ether oxygens (including phenoxy) is 2. The average molecular weight is 508 g/mol. The Kier molecular flexibility index (Phi) is 8.14. The Morgan fingerprint density at radius 3 is 2.56 bits per heavy atom. The molecule has 2 aromatic carbocycles. The molecule has 2 N–H and O–H groups in total. The molecule has 8 nitrogen and oxygen atoms in total. The van der Waals surface area contributed by atoms with Crippen LogP contribution in [0, 0.1) is 13.8 Å². The van der Waals surface area contributed by atoms with Crippen molar-refractivity contribution in [3.63, 3.8) is 0 Å². The van der Waals surface area contributed by atoms with Crippen LogP contribution in [0.3, 0.4) is 0 Å². The summed E-state index contributed by atoms with van der Waals surface area (Å²) < 4.78 is 10.7. The van der Waals surface area contributed by atoms with Crippen molar-refractivity contribution in [2.45, 2.75) is 33.0 Å². The number of methoxy groups -OCH3 is 1. The van der Waals surface area contributed by atoms with E-state index in [1.54, 1.807) is 6.92 Å². The van der Waals surface area contributed by atoms with Crippen LogP contribution in [0.5, 0.6) is 5.75 Å². The molecule has 0 fully saturated rings. The lowest BCUT2D eigenvalue weighted by atomic mass is 10.2. The van der Waals surface area contributed by atoms with Gasteiger partial charge in [-0.2, -0.15) is 0 Å². The summed E-state index contributed by atoms with van der Waals surface area (Å²) in [6, 6.07) is 17.5. The number of fused-ring (bicyclic) bond motifs is 1. The van der Waals surface area contributed by atoms with Gasteiger partial charge in [0.2, 0.25) is 0 Å². The summed E-state index contributed by atoms with van der Waals surface area (Å²) >= 11 is 1.14. The van der Waals surface area contributed by atoms with Gasteiger partial charge in [0.1, 0.15) is 34.0 Å². The number of aromatic nitrogens is 2. The molecule has 0 aliphatic heterocycles. The number of carbonyl (C=O) groups is 1. The van der Waals surface area contributed by atoms with E-state index < -0.39 is 12.1 Å². The molecule has 36 heavy (non-hydrogen) atoms. The van der Waals surface area contributed by atoms with E-state index in [4.69, 9.17) is 9.47 Å². The number of aliphatic hydroxyl groups excluding tert-OH is 1. The normalized spacial score (nSPS) is 12.1. The van der Waals surface area contributed by atoms with Crippen molar-refractivity contribution in [3.8, 4) is 5.75 Å². The number of carbonyl (C=O) groups excluding carboxylic acids is 1. The molecule has 1 atom stereocenters. The molecule has 4 aromatic rings. The zero-order chi connectivity index (χ0) is 25.7. The highest BCUT2D eigenvalue weighted by Crippen LogP contribution is 2.27. The molecule has 2 heterocycles. The fraction of sp³-hybridized carbons (Fsp3) is 0.296. The SMILES string of the molecule is COC(=O)c1sc2nc(CN(Cc3ccccc3)C[C@@H](O)COc3ccccc3C)[nH]c(=O)c2c1C. The Bertz CT molecular complexity index is 1400. The van der Waals surface area contributed by atoms with Gasteiger partial charge in [-0.1, -0.05) is 48.5 Å². The summed E-state index contributed by atoms with van der Waals surface area (Å²) in [5, 5.41) is 11.2. The van der Waals surface area contributed by atoms with E-state index >= 15 is 0 Å². The third-order valence-corrected chi connectivity index (χ3v) is 7.00. The first-order valence-electron chi connectivity index (χ1n) is 11.6. The number of aromatic amines is 1. The van der Waals surface area contributed by atoms with Crippen LogP contribution in [0.25, 0.3) is 10.2 Å². The maximum absolute atomic E-state index is 12.9. The standard InChI is InChI=1S/C27H29N3O5S/c1-17-9-7-8-12-21(17)35-16-20(31)14-30(13-19-10-5-4-6-11-19)15-22-28-25(32)23-18(2)24(27(33)34-3)36-26(23)29-22/h4-12,20,31H,13-16H2,1-3H3,(H,28,29,32)/t20-/m1/s1. The lowest BCUT2D eigenvalue weighted by Crippen LogP contribution is -2.36. The molecule has 0 aliphatic carbocycles. The molecule has 9 heteroatoms. The van der Waals surface area contributed by atoms with Gasteiger partial charge in [-0.05, 0) is 36.6 Å². The van der Waals surface area contributed by atoms with Gasteiger partial charge in [-0.25, -0.2) is 9.78 Å². The number of hydrogen-bond donors (Lipinski definition) is 2. The zero-order valence-corrected chi connectivity index (χ0v) is 21.3. The molecular formula is C27H29N3O5S. The summed E-state index contributed by atoms with van der Waals surface area (Å²) in [6.45, 7) is 4.95. The number of nitrogens with one attached hydrogen (secondary N) is 1. The lowest BCUT2D eigenvalue weighted by Gasteiger charge is -2.25. The van der Waals surface area contributed by atoms with E-state index in [1.165, 1.54) is 7.11 Å². The number of aliphatic hydroxyl groups is 1. The first-order chi connectivity index (χ1) is 17.4. The van der Waals surface area contributed by atoms with Crippen LogP contribution >= 0.6 is 11.3 Å². The summed E-state index contributed by atoms with van der Waals surface area (Å²) in [7, 11) is 1.31. The quantitative estimate of drug-likeness (QED) is 0.314. The maximum Gasteiger partial charge on any atom is 0.348 e. The molecule has 0 saturated heterocycles. The van der Waals surface area contributed by atoms with Crippen molar-refractivity contribution >= 4 is 27.5 Å². The molecule has 188 valence electrons. The number of hydrogen-bond acceptors (Lipinski definition) is 8. The summed E-state index contributed by atoms with van der Waals surface area (Å²) in [5.74, 6) is 0.698. The number of esters is 1. The molecular weight excluding hydrogens is 478 g/mol. The maximum atomic E-state index is 12.9. The Morgan fingerprint density at radius 1 is 1.11 bits per heavy atom. The molecule has 2 aromatic heterocycles. The summed E-state index contributed by atoms with van der Waals surface area (Å²) in [6.07, 6.45) is -0.765. The smallest absolute Gasteiger partial charge is 0.348 e. The van der Waals surface area contributed by atoms with Crippen molar-refractivity contribution in [1.29, 1.82) is 0 Å². The largest absolute Gasteiger partial charge is 0.491 e. The number of thiophene rings is 1. The van der Waals surface area contributed by atoms with Crippen LogP contribution in [-0.2, 0) is 17.8 Å². The van der Waals surface area contributed by atoms with Gasteiger partial charge in [0.25, 0.3) is 5.56 Å². The second-order valence-corrected chi connectivity index (χ2v) is 9.63. The first kappa shape index (κ1) is 25.6. The van der Waals surface area contributed by atoms with E-state index in [0.717, 1.165) is 28.2 Å². The van der Waals surface area contributed by atoms with Crippen molar-refractivity contribution in [2.24, 2.45) is 0 Å². The van der Waals surface area contributed by atoms with Crippen molar-refractivity contribution in [3.05, 3.63) is 92.3 Å². The highest BCUT2D eigenvalue weighted by molar-refractivity contribution is 7.20. The third kappa shape index (κ3) is 5.99. The average Bonchev–Trinajstić information content (AvgIpc) is 3.20. The molecule has 4 rings (SSSR count). The van der Waals surface area contributed by atoms with E-state index in [1.807, 2.05) is 66.4 Å². The predicted octanol–water partition coefficient (Wildman–Crippen LogP) is 3.83. The van der Waals surface area contributed by atoms with Crippen LogP contribution in [0.15, 0.2) is 59.4 Å². The van der Waals surface area contributed by atoms with Gasteiger partial charge in [-0.3, -0.25) is 9.69 Å². The monoisotopic (exact) mass is 507 g/mol. The van der Waals surface area contributed by atoms with Gasteiger partial charge < -0.3 is 19.6 Å². The van der Waals surface area contributed by atoms with Crippen LogP contribution < -0.4 is 10.3 Å². The molecule has 0 unspecified atom stereocenters. The van der Waals surface area contributed by atoms with Crippen molar-refractivity contribution in [2.75, 3.05) is 20.3 Å². The predicted molar refractivity (Wildman–Crippen MR) is 140 cm³/mol. The number of H-pyrrole nitrogens is 1. The molecule has 0 bridgehead atoms. The summed E-state index contributed by atoms with van der Waals surface area (Å²) in [5.41, 5.74) is 2.32. The highest BCUT2D eigenvalue weighted by atomic mass is 32.1. The minimum Gasteiger partial charge on any atom is -0.491 e. The number of nitrogens with zero attached hydrogens (tertiary/aromatic N) is 2. The Hall–Kier alpha value is -3.53. The Labute approximate surface area is 213 Å². The summed E-state index contributed by atoms with van der Waals surface area (Å²) in [4.78, 5) is 35.3. The molecule has 0 spiro atoms.